The highest BCUT2D eigenvalue weighted by Crippen LogP contribution is 2.45. The van der Waals surface area contributed by atoms with Crippen LogP contribution in [0.15, 0.2) is 69.6 Å². The Bertz CT molecular complexity index is 1210. The number of esters is 2. The van der Waals surface area contributed by atoms with Crippen molar-refractivity contribution in [2.75, 3.05) is 19.1 Å². The second-order valence-electron chi connectivity index (χ2n) is 6.56. The van der Waals surface area contributed by atoms with Gasteiger partial charge >= 0.3 is 11.9 Å². The number of carbonyl (C=O) groups is 2. The van der Waals surface area contributed by atoms with Gasteiger partial charge in [0.25, 0.3) is 0 Å². The lowest BCUT2D eigenvalue weighted by Crippen LogP contribution is -2.41. The van der Waals surface area contributed by atoms with Crippen molar-refractivity contribution >= 4 is 56.1 Å². The Labute approximate surface area is 205 Å². The number of nitrogens with zero attached hydrogens (tertiary/aromatic N) is 2. The van der Waals surface area contributed by atoms with Crippen LogP contribution in [0, 0.1) is 20.7 Å². The maximum absolute atomic E-state index is 14.3. The highest BCUT2D eigenvalue weighted by molar-refractivity contribution is 14.1. The Hall–Kier alpha value is -2.91. The zero-order chi connectivity index (χ0) is 23.6. The van der Waals surface area contributed by atoms with Crippen LogP contribution in [0.5, 0.6) is 0 Å². The smallest absolute Gasteiger partial charge is 0.355 e. The van der Waals surface area contributed by atoms with E-state index in [1.807, 2.05) is 28.7 Å². The number of halogens is 3. The van der Waals surface area contributed by atoms with E-state index in [0.29, 0.717) is 13.6 Å². The Morgan fingerprint density at radius 2 is 1.81 bits per heavy atom. The Balaban J connectivity index is 2.47. The van der Waals surface area contributed by atoms with Crippen LogP contribution >= 0.6 is 38.5 Å². The predicted octanol–water partition coefficient (Wildman–Crippen LogP) is 4.09. The van der Waals surface area contributed by atoms with Crippen molar-refractivity contribution in [2.24, 2.45) is 5.73 Å². The molecule has 7 nitrogen and oxygen atoms in total. The summed E-state index contributed by atoms with van der Waals surface area (Å²) in [6.07, 6.45) is 0. The Morgan fingerprint density at radius 1 is 1.19 bits per heavy atom. The molecule has 0 spiro atoms. The number of nitriles is 1. The number of methoxy groups -OCH3 is 2. The first kappa shape index (κ1) is 23.7. The molecule has 32 heavy (non-hydrogen) atoms. The molecule has 164 valence electrons. The summed E-state index contributed by atoms with van der Waals surface area (Å²) in [5.41, 5.74) is 6.68. The lowest BCUT2D eigenvalue weighted by molar-refractivity contribution is -0.139. The molecular weight excluding hydrogens is 596 g/mol. The van der Waals surface area contributed by atoms with Crippen LogP contribution in [-0.2, 0) is 19.1 Å². The van der Waals surface area contributed by atoms with Gasteiger partial charge in [0, 0.05) is 4.47 Å². The molecule has 0 fully saturated rings. The van der Waals surface area contributed by atoms with Crippen LogP contribution in [0.3, 0.4) is 0 Å². The molecular formula is C22H16BrFIN3O4. The van der Waals surface area contributed by atoms with Crippen LogP contribution in [0.4, 0.5) is 10.1 Å². The average molecular weight is 612 g/mol. The van der Waals surface area contributed by atoms with Crippen molar-refractivity contribution in [1.29, 1.82) is 5.26 Å². The lowest BCUT2D eigenvalue weighted by Gasteiger charge is -2.36. The monoisotopic (exact) mass is 611 g/mol. The highest BCUT2D eigenvalue weighted by Gasteiger charge is 2.43. The fourth-order valence-corrected chi connectivity index (χ4v) is 4.44. The van der Waals surface area contributed by atoms with Gasteiger partial charge in [-0.05, 0) is 56.2 Å². The summed E-state index contributed by atoms with van der Waals surface area (Å²) in [6.45, 7) is 0. The molecule has 0 radical (unpaired) electrons. The van der Waals surface area contributed by atoms with Crippen molar-refractivity contribution in [3.05, 3.63) is 84.6 Å². The first-order valence-electron chi connectivity index (χ1n) is 9.06. The van der Waals surface area contributed by atoms with E-state index in [9.17, 15) is 19.2 Å². The van der Waals surface area contributed by atoms with Gasteiger partial charge in [0.05, 0.1) is 46.6 Å². The number of benzene rings is 2. The van der Waals surface area contributed by atoms with Gasteiger partial charge in [0.1, 0.15) is 17.3 Å². The maximum Gasteiger partial charge on any atom is 0.355 e. The third-order valence-corrected chi connectivity index (χ3v) is 7.33. The molecule has 2 aromatic rings. The Kier molecular flexibility index (Phi) is 7.20. The van der Waals surface area contributed by atoms with E-state index in [1.54, 1.807) is 30.3 Å². The minimum Gasteiger partial charge on any atom is -0.466 e. The van der Waals surface area contributed by atoms with Crippen molar-refractivity contribution in [2.45, 2.75) is 5.92 Å². The summed E-state index contributed by atoms with van der Waals surface area (Å²) in [5.74, 6) is -3.50. The number of anilines is 1. The third kappa shape index (κ3) is 4.10. The van der Waals surface area contributed by atoms with E-state index >= 15 is 0 Å². The molecule has 0 amide bonds. The molecule has 1 atom stereocenters. The number of hydrogen-bond acceptors (Lipinski definition) is 7. The summed E-state index contributed by atoms with van der Waals surface area (Å²) in [5, 5.41) is 10.0. The normalized spacial score (nSPS) is 16.0. The molecule has 0 saturated carbocycles. The number of hydrogen-bond donors (Lipinski definition) is 1. The molecule has 2 aromatic carbocycles. The van der Waals surface area contributed by atoms with E-state index in [-0.39, 0.29) is 28.4 Å². The molecule has 1 unspecified atom stereocenters. The molecule has 3 rings (SSSR count). The minimum absolute atomic E-state index is 0.000404. The van der Waals surface area contributed by atoms with E-state index in [4.69, 9.17) is 15.2 Å². The topological polar surface area (TPSA) is 106 Å². The average Bonchev–Trinajstić information content (AvgIpc) is 2.80. The number of nitrogens with two attached hydrogens (primary N) is 1. The third-order valence-electron chi connectivity index (χ3n) is 4.83. The van der Waals surface area contributed by atoms with E-state index in [0.717, 1.165) is 25.2 Å². The molecule has 0 saturated heterocycles. The largest absolute Gasteiger partial charge is 0.466 e. The first-order valence-corrected chi connectivity index (χ1v) is 10.9. The standard InChI is InChI=1S/C22H16BrFIN3O4/c1-31-21(29)17-16(11-6-4-3-5-7-11)13(10-26)20(27)28(19(17)22(30)32-2)15-9-12(24)8-14(23)18(15)25/h3-9,16H,27H2,1-2H3. The number of ether oxygens (including phenoxy) is 2. The molecule has 1 aliphatic heterocycles. The summed E-state index contributed by atoms with van der Waals surface area (Å²) >= 11 is 5.22. The second kappa shape index (κ2) is 9.70. The van der Waals surface area contributed by atoms with Crippen molar-refractivity contribution in [3.8, 4) is 6.07 Å². The number of rotatable bonds is 4. The van der Waals surface area contributed by atoms with E-state index in [1.165, 1.54) is 6.07 Å². The first-order chi connectivity index (χ1) is 15.3. The molecule has 10 heteroatoms. The zero-order valence-electron chi connectivity index (χ0n) is 16.9. The van der Waals surface area contributed by atoms with Gasteiger partial charge in [-0.3, -0.25) is 4.90 Å². The van der Waals surface area contributed by atoms with Gasteiger partial charge in [-0.1, -0.05) is 30.3 Å². The van der Waals surface area contributed by atoms with Gasteiger partial charge in [0.2, 0.25) is 0 Å². The van der Waals surface area contributed by atoms with Crippen LogP contribution in [-0.4, -0.2) is 26.2 Å². The predicted molar refractivity (Wildman–Crippen MR) is 126 cm³/mol. The van der Waals surface area contributed by atoms with Crippen LogP contribution in [0.2, 0.25) is 0 Å². The molecule has 1 heterocycles. The number of allylic oxidation sites excluding steroid dienone is 1. The molecule has 0 aromatic heterocycles. The SMILES string of the molecule is COC(=O)C1=C(C(=O)OC)N(c2cc(F)cc(Br)c2I)C(N)=C(C#N)C1c1ccccc1. The number of carbonyl (C=O) groups excluding carboxylic acids is 2. The maximum atomic E-state index is 14.3. The summed E-state index contributed by atoms with van der Waals surface area (Å²) < 4.78 is 25.1. The lowest BCUT2D eigenvalue weighted by atomic mass is 9.81. The van der Waals surface area contributed by atoms with Gasteiger partial charge < -0.3 is 15.2 Å². The van der Waals surface area contributed by atoms with Crippen LogP contribution < -0.4 is 10.6 Å². The summed E-state index contributed by atoms with van der Waals surface area (Å²) in [4.78, 5) is 27.1. The Morgan fingerprint density at radius 3 is 2.38 bits per heavy atom. The van der Waals surface area contributed by atoms with E-state index in [2.05, 4.69) is 15.9 Å². The van der Waals surface area contributed by atoms with Crippen LogP contribution in [0.1, 0.15) is 11.5 Å². The van der Waals surface area contributed by atoms with Gasteiger partial charge in [0.15, 0.2) is 0 Å². The quantitative estimate of drug-likeness (QED) is 0.315. The van der Waals surface area contributed by atoms with Crippen molar-refractivity contribution in [3.63, 3.8) is 0 Å². The van der Waals surface area contributed by atoms with Crippen LogP contribution in [0.25, 0.3) is 0 Å². The van der Waals surface area contributed by atoms with Crippen molar-refractivity contribution in [1.82, 2.24) is 0 Å². The fraction of sp³-hybridized carbons (Fsp3) is 0.136. The summed E-state index contributed by atoms with van der Waals surface area (Å²) in [7, 11) is 2.30. The minimum atomic E-state index is -0.992. The van der Waals surface area contributed by atoms with E-state index < -0.39 is 23.7 Å². The summed E-state index contributed by atoms with van der Waals surface area (Å²) in [6, 6.07) is 13.1. The highest BCUT2D eigenvalue weighted by atomic mass is 127. The molecule has 1 aliphatic rings. The second-order valence-corrected chi connectivity index (χ2v) is 8.49. The molecule has 2 N–H and O–H groups in total. The van der Waals surface area contributed by atoms with Gasteiger partial charge in [-0.2, -0.15) is 5.26 Å². The molecule has 0 aliphatic carbocycles. The fourth-order valence-electron chi connectivity index (χ4n) is 3.47. The van der Waals surface area contributed by atoms with Gasteiger partial charge in [-0.25, -0.2) is 14.0 Å². The van der Waals surface area contributed by atoms with Gasteiger partial charge in [-0.15, -0.1) is 0 Å². The molecule has 0 bridgehead atoms. The van der Waals surface area contributed by atoms with Crippen molar-refractivity contribution < 1.29 is 23.5 Å². The zero-order valence-corrected chi connectivity index (χ0v) is 20.6.